The number of rotatable bonds is 3. The minimum Gasteiger partial charge on any atom is -0.347 e. The highest BCUT2D eigenvalue weighted by atomic mass is 127. The first kappa shape index (κ1) is 20.2. The Kier molecular flexibility index (Phi) is 7.38. The molecule has 5 nitrogen and oxygen atoms in total. The monoisotopic (exact) mass is 468 g/mol. The fourth-order valence-corrected chi connectivity index (χ4v) is 2.91. The first-order chi connectivity index (χ1) is 12.2. The lowest BCUT2D eigenvalue weighted by atomic mass is 10.0. The Morgan fingerprint density at radius 2 is 1.85 bits per heavy atom. The van der Waals surface area contributed by atoms with Crippen LogP contribution >= 0.6 is 24.0 Å². The lowest BCUT2D eigenvalue weighted by molar-refractivity contribution is -0.115. The number of carbonyl (C=O) groups is 1. The van der Waals surface area contributed by atoms with Gasteiger partial charge >= 0.3 is 0 Å². The van der Waals surface area contributed by atoms with E-state index in [1.54, 1.807) is 7.05 Å². The molecule has 0 saturated carbocycles. The second kappa shape index (κ2) is 9.51. The Bertz CT molecular complexity index is 779. The third-order valence-corrected chi connectivity index (χ3v) is 4.18. The van der Waals surface area contributed by atoms with Crippen molar-refractivity contribution in [1.82, 2.24) is 10.2 Å². The number of nitrogens with one attached hydrogen (secondary N) is 2. The van der Waals surface area contributed by atoms with Crippen molar-refractivity contribution in [3.8, 4) is 0 Å². The maximum Gasteiger partial charge on any atom is 0.243 e. The molecule has 1 aliphatic rings. The summed E-state index contributed by atoms with van der Waals surface area (Å²) in [6.07, 6.45) is 0.957. The number of hydrogen-bond acceptors (Lipinski definition) is 2. The van der Waals surface area contributed by atoms with Gasteiger partial charge in [0.2, 0.25) is 5.91 Å². The summed E-state index contributed by atoms with van der Waals surface area (Å²) in [5.41, 5.74) is 3.21. The maximum atomic E-state index is 12.9. The van der Waals surface area contributed by atoms with Crippen LogP contribution in [0.4, 0.5) is 10.1 Å². The number of carbonyl (C=O) groups excluding carboxylic acids is 1. The van der Waals surface area contributed by atoms with Crippen LogP contribution in [-0.4, -0.2) is 36.9 Å². The van der Waals surface area contributed by atoms with E-state index in [1.807, 2.05) is 6.07 Å². The predicted octanol–water partition coefficient (Wildman–Crippen LogP) is 3.02. The molecule has 1 aliphatic heterocycles. The molecule has 1 amide bonds. The summed E-state index contributed by atoms with van der Waals surface area (Å²) in [6.45, 7) is 1.73. The predicted molar refractivity (Wildman–Crippen MR) is 112 cm³/mol. The van der Waals surface area contributed by atoms with Gasteiger partial charge in [0, 0.05) is 25.8 Å². The molecular formula is C19H22FIN4O. The number of guanidine groups is 1. The van der Waals surface area contributed by atoms with Gasteiger partial charge in [-0.2, -0.15) is 0 Å². The number of nitrogens with zero attached hydrogens (tertiary/aromatic N) is 2. The zero-order chi connectivity index (χ0) is 17.6. The second-order valence-electron chi connectivity index (χ2n) is 5.90. The summed E-state index contributed by atoms with van der Waals surface area (Å²) in [4.78, 5) is 18.5. The van der Waals surface area contributed by atoms with E-state index < -0.39 is 0 Å². The molecule has 0 fully saturated rings. The lowest BCUT2D eigenvalue weighted by Gasteiger charge is -2.31. The van der Waals surface area contributed by atoms with Crippen molar-refractivity contribution < 1.29 is 9.18 Å². The molecule has 138 valence electrons. The first-order valence-corrected chi connectivity index (χ1v) is 8.23. The van der Waals surface area contributed by atoms with E-state index in [9.17, 15) is 9.18 Å². The minimum atomic E-state index is -0.332. The van der Waals surface area contributed by atoms with Crippen molar-refractivity contribution in [2.24, 2.45) is 4.99 Å². The molecule has 0 spiro atoms. The van der Waals surface area contributed by atoms with Gasteiger partial charge in [0.15, 0.2) is 5.96 Å². The summed E-state index contributed by atoms with van der Waals surface area (Å²) in [7, 11) is 1.71. The van der Waals surface area contributed by atoms with E-state index in [0.29, 0.717) is 11.6 Å². The summed E-state index contributed by atoms with van der Waals surface area (Å²) >= 11 is 0. The Morgan fingerprint density at radius 1 is 1.15 bits per heavy atom. The van der Waals surface area contributed by atoms with E-state index in [1.165, 1.54) is 35.4 Å². The van der Waals surface area contributed by atoms with Crippen LogP contribution in [0.1, 0.15) is 11.1 Å². The number of halogens is 2. The van der Waals surface area contributed by atoms with Crippen LogP contribution in [0.25, 0.3) is 0 Å². The second-order valence-corrected chi connectivity index (χ2v) is 5.90. The molecule has 0 unspecified atom stereocenters. The van der Waals surface area contributed by atoms with E-state index >= 15 is 0 Å². The van der Waals surface area contributed by atoms with Gasteiger partial charge in [0.05, 0.1) is 6.54 Å². The summed E-state index contributed by atoms with van der Waals surface area (Å²) in [5.74, 6) is 0.163. The topological polar surface area (TPSA) is 56.7 Å². The number of benzene rings is 2. The highest BCUT2D eigenvalue weighted by Crippen LogP contribution is 2.18. The molecule has 7 heteroatoms. The van der Waals surface area contributed by atoms with Crippen LogP contribution in [0.15, 0.2) is 53.5 Å². The van der Waals surface area contributed by atoms with Crippen LogP contribution in [-0.2, 0) is 17.8 Å². The van der Waals surface area contributed by atoms with E-state index in [4.69, 9.17) is 0 Å². The number of anilines is 1. The largest absolute Gasteiger partial charge is 0.347 e. The van der Waals surface area contributed by atoms with Crippen molar-refractivity contribution in [1.29, 1.82) is 0 Å². The number of hydrogen-bond donors (Lipinski definition) is 2. The Balaban J connectivity index is 0.00000243. The fourth-order valence-electron chi connectivity index (χ4n) is 2.91. The summed E-state index contributed by atoms with van der Waals surface area (Å²) in [6, 6.07) is 14.1. The molecule has 0 saturated heterocycles. The fraction of sp³-hybridized carbons (Fsp3) is 0.263. The highest BCUT2D eigenvalue weighted by molar-refractivity contribution is 14.0. The minimum absolute atomic E-state index is 0. The number of fused-ring (bicyclic) bond motifs is 1. The van der Waals surface area contributed by atoms with Gasteiger partial charge in [-0.25, -0.2) is 4.39 Å². The smallest absolute Gasteiger partial charge is 0.243 e. The molecule has 3 rings (SSSR count). The molecule has 0 aromatic heterocycles. The standard InChI is InChI=1S/C19H21FN4O.HI/c1-21-19(24-11-10-14-4-2-3-5-15(14)13-24)22-12-18(25)23-17-8-6-16(20)7-9-17;/h2-9H,10-13H2,1H3,(H,21,22)(H,23,25);1H. The highest BCUT2D eigenvalue weighted by Gasteiger charge is 2.19. The van der Waals surface area contributed by atoms with Gasteiger partial charge in [0.25, 0.3) is 0 Å². The Labute approximate surface area is 169 Å². The molecule has 2 aromatic rings. The molecule has 0 aliphatic carbocycles. The third kappa shape index (κ3) is 5.17. The van der Waals surface area contributed by atoms with Crippen molar-refractivity contribution in [2.75, 3.05) is 25.5 Å². The zero-order valence-electron chi connectivity index (χ0n) is 14.5. The molecule has 26 heavy (non-hydrogen) atoms. The van der Waals surface area contributed by atoms with Crippen LogP contribution in [0, 0.1) is 5.82 Å². The molecule has 0 bridgehead atoms. The summed E-state index contributed by atoms with van der Waals surface area (Å²) < 4.78 is 12.9. The molecule has 2 N–H and O–H groups in total. The molecular weight excluding hydrogens is 446 g/mol. The van der Waals surface area contributed by atoms with Gasteiger partial charge in [-0.15, -0.1) is 24.0 Å². The Morgan fingerprint density at radius 3 is 2.54 bits per heavy atom. The quantitative estimate of drug-likeness (QED) is 0.414. The zero-order valence-corrected chi connectivity index (χ0v) is 16.9. The van der Waals surface area contributed by atoms with Gasteiger partial charge < -0.3 is 15.5 Å². The average molecular weight is 468 g/mol. The average Bonchev–Trinajstić information content (AvgIpc) is 2.64. The van der Waals surface area contributed by atoms with Crippen molar-refractivity contribution in [2.45, 2.75) is 13.0 Å². The molecule has 1 heterocycles. The SMILES string of the molecule is CN=C(NCC(=O)Nc1ccc(F)cc1)N1CCc2ccccc2C1.I. The van der Waals surface area contributed by atoms with Gasteiger partial charge in [-0.1, -0.05) is 24.3 Å². The maximum absolute atomic E-state index is 12.9. The normalized spacial score (nSPS) is 13.5. The number of aliphatic imine (C=N–C) groups is 1. The van der Waals surface area contributed by atoms with Gasteiger partial charge in [-0.3, -0.25) is 9.79 Å². The van der Waals surface area contributed by atoms with Gasteiger partial charge in [-0.05, 0) is 41.8 Å². The van der Waals surface area contributed by atoms with Crippen LogP contribution in [0.2, 0.25) is 0 Å². The van der Waals surface area contributed by atoms with Crippen molar-refractivity contribution in [3.63, 3.8) is 0 Å². The first-order valence-electron chi connectivity index (χ1n) is 8.23. The van der Waals surface area contributed by atoms with Gasteiger partial charge in [0.1, 0.15) is 5.82 Å². The summed E-state index contributed by atoms with van der Waals surface area (Å²) in [5, 5.41) is 5.82. The molecule has 2 aromatic carbocycles. The van der Waals surface area contributed by atoms with E-state index in [-0.39, 0.29) is 42.2 Å². The lowest BCUT2D eigenvalue weighted by Crippen LogP contribution is -2.46. The van der Waals surface area contributed by atoms with E-state index in [2.05, 4.69) is 38.7 Å². The van der Waals surface area contributed by atoms with E-state index in [0.717, 1.165) is 19.5 Å². The van der Waals surface area contributed by atoms with Crippen LogP contribution in [0.5, 0.6) is 0 Å². The number of amides is 1. The van der Waals surface area contributed by atoms with Crippen molar-refractivity contribution >= 4 is 41.5 Å². The Hall–Kier alpha value is -2.16. The van der Waals surface area contributed by atoms with Crippen molar-refractivity contribution in [3.05, 3.63) is 65.5 Å². The molecule has 0 atom stereocenters. The molecule has 0 radical (unpaired) electrons. The third-order valence-electron chi connectivity index (χ3n) is 4.18. The van der Waals surface area contributed by atoms with Crippen LogP contribution < -0.4 is 10.6 Å². The van der Waals surface area contributed by atoms with Crippen LogP contribution in [0.3, 0.4) is 0 Å².